The molecule has 3 aromatic rings. The van der Waals surface area contributed by atoms with Crippen LogP contribution >= 0.6 is 11.8 Å². The Morgan fingerprint density at radius 2 is 1.97 bits per heavy atom. The number of imidazole rings is 1. The molecule has 0 aliphatic carbocycles. The van der Waals surface area contributed by atoms with Crippen molar-refractivity contribution in [1.82, 2.24) is 19.8 Å². The van der Waals surface area contributed by atoms with Crippen molar-refractivity contribution in [3.8, 4) is 5.69 Å². The van der Waals surface area contributed by atoms with Crippen LogP contribution in [0.15, 0.2) is 66.1 Å². The second-order valence-electron chi connectivity index (χ2n) is 7.25. The van der Waals surface area contributed by atoms with E-state index >= 15 is 0 Å². The summed E-state index contributed by atoms with van der Waals surface area (Å²) in [6.07, 6.45) is 7.24. The molecule has 1 aliphatic heterocycles. The molecule has 1 fully saturated rings. The van der Waals surface area contributed by atoms with Crippen LogP contribution in [-0.2, 0) is 17.9 Å². The van der Waals surface area contributed by atoms with Gasteiger partial charge in [0.2, 0.25) is 5.91 Å². The largest absolute Gasteiger partial charge is 0.348 e. The van der Waals surface area contributed by atoms with Gasteiger partial charge in [0.1, 0.15) is 0 Å². The molecule has 0 saturated carbocycles. The number of rotatable bonds is 7. The fourth-order valence-corrected chi connectivity index (χ4v) is 4.15. The minimum atomic E-state index is -0.114. The molecule has 0 spiro atoms. The van der Waals surface area contributed by atoms with E-state index in [0.717, 1.165) is 34.9 Å². The summed E-state index contributed by atoms with van der Waals surface area (Å²) < 4.78 is 1.99. The van der Waals surface area contributed by atoms with E-state index in [1.807, 2.05) is 64.4 Å². The Balaban J connectivity index is 1.36. The van der Waals surface area contributed by atoms with Gasteiger partial charge >= 0.3 is 0 Å². The highest BCUT2D eigenvalue weighted by molar-refractivity contribution is 7.98. The lowest BCUT2D eigenvalue weighted by Crippen LogP contribution is -2.24. The second-order valence-corrected chi connectivity index (χ2v) is 8.03. The molecule has 0 radical (unpaired) electrons. The van der Waals surface area contributed by atoms with Crippen molar-refractivity contribution >= 4 is 23.6 Å². The zero-order valence-electron chi connectivity index (χ0n) is 16.9. The first-order valence-electron chi connectivity index (χ1n) is 9.95. The van der Waals surface area contributed by atoms with Crippen LogP contribution in [0.2, 0.25) is 0 Å². The van der Waals surface area contributed by atoms with Crippen molar-refractivity contribution in [2.75, 3.05) is 12.8 Å². The van der Waals surface area contributed by atoms with Crippen LogP contribution < -0.4 is 5.32 Å². The Hall–Kier alpha value is -3.06. The highest BCUT2D eigenvalue weighted by atomic mass is 32.2. The fraction of sp³-hybridized carbons (Fsp3) is 0.261. The summed E-state index contributed by atoms with van der Waals surface area (Å²) in [4.78, 5) is 30.6. The molecule has 2 heterocycles. The van der Waals surface area contributed by atoms with Crippen molar-refractivity contribution in [2.45, 2.75) is 31.1 Å². The number of nitrogens with zero attached hydrogens (tertiary/aromatic N) is 3. The van der Waals surface area contributed by atoms with Gasteiger partial charge in [-0.25, -0.2) is 4.98 Å². The Labute approximate surface area is 180 Å². The average molecular weight is 421 g/mol. The molecule has 0 bridgehead atoms. The zero-order valence-corrected chi connectivity index (χ0v) is 17.7. The van der Waals surface area contributed by atoms with E-state index < -0.39 is 0 Å². The van der Waals surface area contributed by atoms with E-state index in [1.165, 1.54) is 0 Å². The highest BCUT2D eigenvalue weighted by Gasteiger charge is 2.20. The number of nitrogens with one attached hydrogen (secondary N) is 1. The summed E-state index contributed by atoms with van der Waals surface area (Å²) in [6, 6.07) is 15.5. The Bertz CT molecular complexity index is 1050. The van der Waals surface area contributed by atoms with Gasteiger partial charge < -0.3 is 10.2 Å². The van der Waals surface area contributed by atoms with E-state index in [9.17, 15) is 9.59 Å². The molecule has 2 aromatic carbocycles. The van der Waals surface area contributed by atoms with Crippen molar-refractivity contribution in [1.29, 1.82) is 0 Å². The van der Waals surface area contributed by atoms with Gasteiger partial charge in [0.15, 0.2) is 5.16 Å². The monoisotopic (exact) mass is 420 g/mol. The van der Waals surface area contributed by atoms with E-state index in [4.69, 9.17) is 0 Å². The maximum atomic E-state index is 12.6. The number of carbonyl (C=O) groups excluding carboxylic acids is 2. The summed E-state index contributed by atoms with van der Waals surface area (Å²) in [5, 5.41) is 3.88. The van der Waals surface area contributed by atoms with Crippen LogP contribution in [0.25, 0.3) is 5.69 Å². The Morgan fingerprint density at radius 1 is 1.17 bits per heavy atom. The SMILES string of the molecule is CSc1nccn1-c1ccc(C(=O)NCc2cccc(CN3CCCC3=O)c2)cc1. The number of benzene rings is 2. The number of likely N-dealkylation sites (tertiary alicyclic amines) is 1. The molecule has 1 saturated heterocycles. The van der Waals surface area contributed by atoms with Crippen molar-refractivity contribution < 1.29 is 9.59 Å². The molecule has 30 heavy (non-hydrogen) atoms. The maximum Gasteiger partial charge on any atom is 0.251 e. The molecule has 0 atom stereocenters. The van der Waals surface area contributed by atoms with Crippen LogP contribution in [0.3, 0.4) is 0 Å². The van der Waals surface area contributed by atoms with Gasteiger partial charge in [0.25, 0.3) is 5.91 Å². The number of thioether (sulfide) groups is 1. The third kappa shape index (κ3) is 4.57. The smallest absolute Gasteiger partial charge is 0.251 e. The number of hydrogen-bond donors (Lipinski definition) is 1. The molecule has 6 nitrogen and oxygen atoms in total. The van der Waals surface area contributed by atoms with Crippen LogP contribution in [0.1, 0.15) is 34.3 Å². The number of aromatic nitrogens is 2. The minimum Gasteiger partial charge on any atom is -0.348 e. The standard InChI is InChI=1S/C23H24N4O2S/c1-30-23-24-11-13-27(23)20-9-7-19(8-10-20)22(29)25-15-17-4-2-5-18(14-17)16-26-12-3-6-21(26)28/h2,4-5,7-11,13-14H,3,6,12,15-16H2,1H3,(H,25,29). The van der Waals surface area contributed by atoms with E-state index in [-0.39, 0.29) is 11.8 Å². The van der Waals surface area contributed by atoms with Crippen LogP contribution in [0.4, 0.5) is 0 Å². The lowest BCUT2D eigenvalue weighted by molar-refractivity contribution is -0.128. The molecule has 154 valence electrons. The summed E-state index contributed by atoms with van der Waals surface area (Å²) in [5.74, 6) is 0.106. The topological polar surface area (TPSA) is 67.2 Å². The first-order valence-corrected chi connectivity index (χ1v) is 11.2. The maximum absolute atomic E-state index is 12.6. The highest BCUT2D eigenvalue weighted by Crippen LogP contribution is 2.19. The predicted molar refractivity (Wildman–Crippen MR) is 118 cm³/mol. The molecule has 2 amide bonds. The average Bonchev–Trinajstić information content (AvgIpc) is 3.41. The molecule has 1 aliphatic rings. The number of carbonyl (C=O) groups is 2. The second kappa shape index (κ2) is 9.17. The van der Waals surface area contributed by atoms with Gasteiger partial charge in [0, 0.05) is 49.7 Å². The summed E-state index contributed by atoms with van der Waals surface area (Å²) in [7, 11) is 0. The molecule has 4 rings (SSSR count). The Kier molecular flexibility index (Phi) is 6.18. The van der Waals surface area contributed by atoms with Crippen molar-refractivity contribution in [3.05, 3.63) is 77.6 Å². The lowest BCUT2D eigenvalue weighted by atomic mass is 10.1. The van der Waals surface area contributed by atoms with Crippen molar-refractivity contribution in [3.63, 3.8) is 0 Å². The number of hydrogen-bond acceptors (Lipinski definition) is 4. The molecule has 1 N–H and O–H groups in total. The quantitative estimate of drug-likeness (QED) is 0.593. The van der Waals surface area contributed by atoms with E-state index in [0.29, 0.717) is 25.1 Å². The third-order valence-electron chi connectivity index (χ3n) is 5.19. The summed E-state index contributed by atoms with van der Waals surface area (Å²) in [5.41, 5.74) is 3.69. The van der Waals surface area contributed by atoms with Gasteiger partial charge in [-0.1, -0.05) is 36.0 Å². The first kappa shape index (κ1) is 20.2. The third-order valence-corrected chi connectivity index (χ3v) is 5.85. The van der Waals surface area contributed by atoms with Gasteiger partial charge in [0.05, 0.1) is 0 Å². The summed E-state index contributed by atoms with van der Waals surface area (Å²) in [6.45, 7) is 1.90. The van der Waals surface area contributed by atoms with Crippen LogP contribution in [-0.4, -0.2) is 39.1 Å². The molecule has 7 heteroatoms. The van der Waals surface area contributed by atoms with Gasteiger partial charge in [-0.05, 0) is 48.1 Å². The number of amides is 2. The Morgan fingerprint density at radius 3 is 2.70 bits per heavy atom. The normalized spacial score (nSPS) is 13.6. The summed E-state index contributed by atoms with van der Waals surface area (Å²) >= 11 is 1.58. The fourth-order valence-electron chi connectivity index (χ4n) is 3.62. The van der Waals surface area contributed by atoms with Crippen LogP contribution in [0, 0.1) is 0 Å². The predicted octanol–water partition coefficient (Wildman–Crippen LogP) is 3.65. The minimum absolute atomic E-state index is 0.114. The van der Waals surface area contributed by atoms with Gasteiger partial charge in [-0.3, -0.25) is 14.2 Å². The van der Waals surface area contributed by atoms with E-state index in [2.05, 4.69) is 16.4 Å². The molecule has 1 aromatic heterocycles. The zero-order chi connectivity index (χ0) is 20.9. The van der Waals surface area contributed by atoms with Crippen LogP contribution in [0.5, 0.6) is 0 Å². The van der Waals surface area contributed by atoms with Crippen molar-refractivity contribution in [2.24, 2.45) is 0 Å². The first-order chi connectivity index (χ1) is 14.6. The van der Waals surface area contributed by atoms with Gasteiger partial charge in [-0.2, -0.15) is 0 Å². The molecular weight excluding hydrogens is 396 g/mol. The lowest BCUT2D eigenvalue weighted by Gasteiger charge is -2.16. The van der Waals surface area contributed by atoms with Gasteiger partial charge in [-0.15, -0.1) is 0 Å². The molecule has 0 unspecified atom stereocenters. The molecular formula is C23H24N4O2S. The van der Waals surface area contributed by atoms with E-state index in [1.54, 1.807) is 18.0 Å².